The van der Waals surface area contributed by atoms with Gasteiger partial charge < -0.3 is 5.32 Å². The summed E-state index contributed by atoms with van der Waals surface area (Å²) in [6.45, 7) is 0.932. The molecule has 0 spiro atoms. The molecule has 3 aromatic rings. The number of benzene rings is 2. The average Bonchev–Trinajstić information content (AvgIpc) is 3.05. The molecule has 4 rings (SSSR count). The van der Waals surface area contributed by atoms with E-state index in [1.807, 2.05) is 6.07 Å². The quantitative estimate of drug-likeness (QED) is 0.766. The normalized spacial score (nSPS) is 17.4. The van der Waals surface area contributed by atoms with Crippen LogP contribution in [0.5, 0.6) is 0 Å². The van der Waals surface area contributed by atoms with Crippen LogP contribution in [0.15, 0.2) is 60.0 Å². The summed E-state index contributed by atoms with van der Waals surface area (Å²) in [7, 11) is 0. The van der Waals surface area contributed by atoms with Crippen LogP contribution in [0.1, 0.15) is 22.2 Å². The highest BCUT2D eigenvalue weighted by molar-refractivity contribution is 7.10. The van der Waals surface area contributed by atoms with Crippen LogP contribution in [0.3, 0.4) is 0 Å². The van der Waals surface area contributed by atoms with Crippen molar-refractivity contribution in [2.45, 2.75) is 19.0 Å². The number of hydrogen-bond donors (Lipinski definition) is 1. The van der Waals surface area contributed by atoms with Gasteiger partial charge in [0.1, 0.15) is 5.01 Å². The Morgan fingerprint density at radius 2 is 1.71 bits per heavy atom. The van der Waals surface area contributed by atoms with Gasteiger partial charge in [-0.2, -0.15) is 0 Å². The molecular weight excluding hydrogens is 276 g/mol. The van der Waals surface area contributed by atoms with Crippen molar-refractivity contribution >= 4 is 11.3 Å². The van der Waals surface area contributed by atoms with E-state index in [4.69, 9.17) is 4.98 Å². The van der Waals surface area contributed by atoms with Crippen molar-refractivity contribution < 1.29 is 0 Å². The number of hydrogen-bond acceptors (Lipinski definition) is 3. The van der Waals surface area contributed by atoms with Crippen molar-refractivity contribution in [2.75, 3.05) is 0 Å². The summed E-state index contributed by atoms with van der Waals surface area (Å²) in [4.78, 5) is 4.83. The Morgan fingerprint density at radius 3 is 2.57 bits per heavy atom. The Labute approximate surface area is 128 Å². The molecule has 2 aromatic carbocycles. The minimum absolute atomic E-state index is 0.336. The lowest BCUT2D eigenvalue weighted by Gasteiger charge is -2.24. The lowest BCUT2D eigenvalue weighted by atomic mass is 9.96. The zero-order valence-corrected chi connectivity index (χ0v) is 12.4. The fourth-order valence-electron chi connectivity index (χ4n) is 2.82. The molecule has 2 heterocycles. The van der Waals surface area contributed by atoms with Crippen LogP contribution in [0, 0.1) is 0 Å². The van der Waals surface area contributed by atoms with Crippen molar-refractivity contribution in [3.8, 4) is 11.3 Å². The van der Waals surface area contributed by atoms with Crippen molar-refractivity contribution in [3.05, 3.63) is 76.1 Å². The van der Waals surface area contributed by atoms with Crippen molar-refractivity contribution in [1.82, 2.24) is 10.3 Å². The van der Waals surface area contributed by atoms with Gasteiger partial charge in [0.25, 0.3) is 0 Å². The first kappa shape index (κ1) is 12.7. The SMILES string of the molecule is c1ccc(-c2csc([C@@H]3Cc4ccccc4CN3)n2)cc1. The first-order valence-electron chi connectivity index (χ1n) is 7.21. The van der Waals surface area contributed by atoms with Crippen molar-refractivity contribution in [1.29, 1.82) is 0 Å². The summed E-state index contributed by atoms with van der Waals surface area (Å²) >= 11 is 1.75. The van der Waals surface area contributed by atoms with Crippen LogP contribution in [0.25, 0.3) is 11.3 Å². The molecule has 1 atom stereocenters. The Hall–Kier alpha value is -1.97. The molecule has 1 aromatic heterocycles. The third-order valence-corrected chi connectivity index (χ3v) is 4.93. The predicted octanol–water partition coefficient (Wildman–Crippen LogP) is 4.20. The molecule has 0 bridgehead atoms. The molecule has 0 amide bonds. The molecule has 0 radical (unpaired) electrons. The van der Waals surface area contributed by atoms with E-state index in [2.05, 4.69) is 59.2 Å². The van der Waals surface area contributed by atoms with Gasteiger partial charge in [-0.1, -0.05) is 54.6 Å². The van der Waals surface area contributed by atoms with Gasteiger partial charge in [0.15, 0.2) is 0 Å². The summed E-state index contributed by atoms with van der Waals surface area (Å²) in [6, 6.07) is 19.4. The van der Waals surface area contributed by atoms with Gasteiger partial charge in [-0.05, 0) is 17.5 Å². The molecule has 2 nitrogen and oxygen atoms in total. The zero-order chi connectivity index (χ0) is 14.1. The number of nitrogens with zero attached hydrogens (tertiary/aromatic N) is 1. The molecule has 0 saturated carbocycles. The van der Waals surface area contributed by atoms with Crippen LogP contribution in [0.2, 0.25) is 0 Å². The molecule has 0 aliphatic carbocycles. The lowest BCUT2D eigenvalue weighted by Crippen LogP contribution is -2.28. The zero-order valence-electron chi connectivity index (χ0n) is 11.6. The molecule has 0 fully saturated rings. The second-order valence-electron chi connectivity index (χ2n) is 5.34. The van der Waals surface area contributed by atoms with E-state index < -0.39 is 0 Å². The van der Waals surface area contributed by atoms with Gasteiger partial charge in [0, 0.05) is 17.5 Å². The van der Waals surface area contributed by atoms with Crippen LogP contribution in [0.4, 0.5) is 0 Å². The molecule has 1 aliphatic heterocycles. The summed E-state index contributed by atoms with van der Waals surface area (Å²) in [6.07, 6.45) is 1.03. The van der Waals surface area contributed by atoms with E-state index in [9.17, 15) is 0 Å². The summed E-state index contributed by atoms with van der Waals surface area (Å²) < 4.78 is 0. The maximum absolute atomic E-state index is 4.83. The molecule has 1 aliphatic rings. The largest absolute Gasteiger partial charge is 0.304 e. The predicted molar refractivity (Wildman–Crippen MR) is 87.3 cm³/mol. The fourth-order valence-corrected chi connectivity index (χ4v) is 3.72. The Bertz CT molecular complexity index is 749. The first-order chi connectivity index (χ1) is 10.4. The van der Waals surface area contributed by atoms with Crippen LogP contribution in [-0.2, 0) is 13.0 Å². The van der Waals surface area contributed by atoms with Gasteiger partial charge >= 0.3 is 0 Å². The Kier molecular flexibility index (Phi) is 3.30. The molecular formula is C18H16N2S. The number of fused-ring (bicyclic) bond motifs is 1. The summed E-state index contributed by atoms with van der Waals surface area (Å²) in [5.41, 5.74) is 5.12. The Balaban J connectivity index is 1.60. The van der Waals surface area contributed by atoms with Gasteiger partial charge in [-0.25, -0.2) is 4.98 Å². The highest BCUT2D eigenvalue weighted by Crippen LogP contribution is 2.30. The smallest absolute Gasteiger partial charge is 0.111 e. The van der Waals surface area contributed by atoms with Crippen LogP contribution >= 0.6 is 11.3 Å². The van der Waals surface area contributed by atoms with Gasteiger partial charge in [0.05, 0.1) is 11.7 Å². The highest BCUT2D eigenvalue weighted by atomic mass is 32.1. The average molecular weight is 292 g/mol. The standard InChI is InChI=1S/C18H16N2S/c1-2-6-13(7-3-1)17-12-21-18(20-17)16-10-14-8-4-5-9-15(14)11-19-16/h1-9,12,16,19H,10-11H2/t16-/m0/s1. The van der Waals surface area contributed by atoms with Gasteiger partial charge in [-0.15, -0.1) is 11.3 Å². The van der Waals surface area contributed by atoms with E-state index in [1.165, 1.54) is 21.7 Å². The number of thiazole rings is 1. The summed E-state index contributed by atoms with van der Waals surface area (Å²) in [5.74, 6) is 0. The molecule has 0 unspecified atom stereocenters. The van der Waals surface area contributed by atoms with Gasteiger partial charge in [0.2, 0.25) is 0 Å². The Morgan fingerprint density at radius 1 is 0.952 bits per heavy atom. The first-order valence-corrected chi connectivity index (χ1v) is 8.09. The minimum Gasteiger partial charge on any atom is -0.304 e. The number of nitrogens with one attached hydrogen (secondary N) is 1. The second-order valence-corrected chi connectivity index (χ2v) is 6.23. The topological polar surface area (TPSA) is 24.9 Å². The highest BCUT2D eigenvalue weighted by Gasteiger charge is 2.21. The van der Waals surface area contributed by atoms with Crippen LogP contribution in [-0.4, -0.2) is 4.98 Å². The fraction of sp³-hybridized carbons (Fsp3) is 0.167. The third kappa shape index (κ3) is 2.50. The maximum atomic E-state index is 4.83. The number of aromatic nitrogens is 1. The van der Waals surface area contributed by atoms with Gasteiger partial charge in [-0.3, -0.25) is 0 Å². The third-order valence-electron chi connectivity index (χ3n) is 3.97. The van der Waals surface area contributed by atoms with E-state index in [-0.39, 0.29) is 0 Å². The summed E-state index contributed by atoms with van der Waals surface area (Å²) in [5, 5.41) is 6.95. The van der Waals surface area contributed by atoms with Crippen molar-refractivity contribution in [3.63, 3.8) is 0 Å². The van der Waals surface area contributed by atoms with E-state index in [1.54, 1.807) is 11.3 Å². The second kappa shape index (κ2) is 5.43. The molecule has 104 valence electrons. The minimum atomic E-state index is 0.336. The van der Waals surface area contributed by atoms with E-state index in [0.29, 0.717) is 6.04 Å². The van der Waals surface area contributed by atoms with Crippen LogP contribution < -0.4 is 5.32 Å². The lowest BCUT2D eigenvalue weighted by molar-refractivity contribution is 0.497. The number of rotatable bonds is 2. The monoisotopic (exact) mass is 292 g/mol. The molecule has 0 saturated heterocycles. The van der Waals surface area contributed by atoms with E-state index in [0.717, 1.165) is 18.7 Å². The maximum Gasteiger partial charge on any atom is 0.111 e. The molecule has 1 N–H and O–H groups in total. The molecule has 21 heavy (non-hydrogen) atoms. The van der Waals surface area contributed by atoms with Crippen molar-refractivity contribution in [2.24, 2.45) is 0 Å². The molecule has 3 heteroatoms. The van der Waals surface area contributed by atoms with E-state index >= 15 is 0 Å².